The zero-order valence-electron chi connectivity index (χ0n) is 19.4. The van der Waals surface area contributed by atoms with Crippen molar-refractivity contribution in [1.29, 1.82) is 0 Å². The lowest BCUT2D eigenvalue weighted by Crippen LogP contribution is -2.48. The number of fused-ring (bicyclic) bond motifs is 2. The number of nitrogen functional groups attached to an aromatic ring is 1. The molecule has 2 N–H and O–H groups in total. The van der Waals surface area contributed by atoms with Crippen molar-refractivity contribution < 1.29 is 22.7 Å². The molecule has 1 aliphatic carbocycles. The van der Waals surface area contributed by atoms with Gasteiger partial charge >= 0.3 is 6.18 Å². The standard InChI is InChI=1S/C26H27F3N4O2/c1-15-11-17-12-16(5-8-21(17)32-24(15)30)25(34)33(22-3-2-4-23-20(22)9-10-35-23)14-19-7-6-18(13-31-19)26(27,28)29/h5-8,11-13,20,22-23H,2-4,9-10,14H2,1H3,(H2,30,32)/t20-,22-,23+/m0/s1. The van der Waals surface area contributed by atoms with Crippen molar-refractivity contribution in [3.8, 4) is 0 Å². The number of hydrogen-bond donors (Lipinski definition) is 1. The van der Waals surface area contributed by atoms with E-state index in [1.165, 1.54) is 6.07 Å². The van der Waals surface area contributed by atoms with Crippen molar-refractivity contribution >= 4 is 22.6 Å². The van der Waals surface area contributed by atoms with Crippen LogP contribution >= 0.6 is 0 Å². The Hall–Kier alpha value is -3.20. The van der Waals surface area contributed by atoms with E-state index in [-0.39, 0.29) is 30.5 Å². The number of aromatic nitrogens is 2. The summed E-state index contributed by atoms with van der Waals surface area (Å²) in [6.07, 6.45) is 0.0482. The van der Waals surface area contributed by atoms with Crippen molar-refractivity contribution in [2.75, 3.05) is 12.3 Å². The molecule has 1 saturated carbocycles. The van der Waals surface area contributed by atoms with Crippen LogP contribution in [0, 0.1) is 12.8 Å². The Morgan fingerprint density at radius 1 is 1.17 bits per heavy atom. The topological polar surface area (TPSA) is 81.3 Å². The third kappa shape index (κ3) is 4.69. The van der Waals surface area contributed by atoms with Gasteiger partial charge in [-0.3, -0.25) is 9.78 Å². The number of anilines is 1. The SMILES string of the molecule is Cc1cc2cc(C(=O)N(Cc3ccc(C(F)(F)F)cn3)[C@H]3CCC[C@H]4OCC[C@H]43)ccc2nc1N. The van der Waals surface area contributed by atoms with Crippen LogP contribution in [0.3, 0.4) is 0 Å². The average molecular weight is 485 g/mol. The fourth-order valence-electron chi connectivity index (χ4n) is 5.33. The first-order chi connectivity index (χ1) is 16.7. The summed E-state index contributed by atoms with van der Waals surface area (Å²) < 4.78 is 45.0. The molecule has 184 valence electrons. The zero-order valence-corrected chi connectivity index (χ0v) is 19.4. The fraction of sp³-hybridized carbons (Fsp3) is 0.423. The van der Waals surface area contributed by atoms with Gasteiger partial charge in [0.1, 0.15) is 5.82 Å². The summed E-state index contributed by atoms with van der Waals surface area (Å²) in [5, 5.41) is 0.806. The number of alkyl halides is 3. The first-order valence-corrected chi connectivity index (χ1v) is 11.8. The molecule has 0 unspecified atom stereocenters. The average Bonchev–Trinajstić information content (AvgIpc) is 3.32. The fourth-order valence-corrected chi connectivity index (χ4v) is 5.33. The molecule has 2 aliphatic rings. The molecule has 1 aromatic carbocycles. The second-order valence-corrected chi connectivity index (χ2v) is 9.43. The highest BCUT2D eigenvalue weighted by Crippen LogP contribution is 2.38. The van der Waals surface area contributed by atoms with Gasteiger partial charge in [0.25, 0.3) is 5.91 Å². The van der Waals surface area contributed by atoms with E-state index in [1.54, 1.807) is 23.1 Å². The van der Waals surface area contributed by atoms with Crippen LogP contribution in [-0.4, -0.2) is 39.5 Å². The van der Waals surface area contributed by atoms with Crippen molar-refractivity contribution in [1.82, 2.24) is 14.9 Å². The molecule has 2 fully saturated rings. The molecule has 1 saturated heterocycles. The van der Waals surface area contributed by atoms with Gasteiger partial charge in [-0.15, -0.1) is 0 Å². The van der Waals surface area contributed by atoms with Gasteiger partial charge in [0.2, 0.25) is 0 Å². The van der Waals surface area contributed by atoms with Gasteiger partial charge in [0.05, 0.1) is 29.4 Å². The lowest BCUT2D eigenvalue weighted by Gasteiger charge is -2.40. The molecule has 3 aromatic rings. The number of amides is 1. The molecular formula is C26H27F3N4O2. The van der Waals surface area contributed by atoms with E-state index in [0.717, 1.165) is 48.9 Å². The normalized spacial score (nSPS) is 22.2. The van der Waals surface area contributed by atoms with E-state index in [1.807, 2.05) is 13.0 Å². The summed E-state index contributed by atoms with van der Waals surface area (Å²) in [5.41, 5.74) is 7.55. The van der Waals surface area contributed by atoms with Gasteiger partial charge in [-0.1, -0.05) is 0 Å². The smallest absolute Gasteiger partial charge is 0.383 e. The number of hydrogen-bond acceptors (Lipinski definition) is 5. The van der Waals surface area contributed by atoms with E-state index in [0.29, 0.717) is 29.2 Å². The van der Waals surface area contributed by atoms with E-state index in [2.05, 4.69) is 9.97 Å². The highest BCUT2D eigenvalue weighted by molar-refractivity contribution is 5.98. The molecule has 0 spiro atoms. The van der Waals surface area contributed by atoms with E-state index in [4.69, 9.17) is 10.5 Å². The second-order valence-electron chi connectivity index (χ2n) is 9.43. The molecule has 5 rings (SSSR count). The van der Waals surface area contributed by atoms with Crippen LogP contribution in [0.15, 0.2) is 42.6 Å². The number of nitrogens with zero attached hydrogens (tertiary/aromatic N) is 3. The molecule has 0 bridgehead atoms. The predicted molar refractivity (Wildman–Crippen MR) is 125 cm³/mol. The number of rotatable bonds is 4. The highest BCUT2D eigenvalue weighted by atomic mass is 19.4. The second kappa shape index (κ2) is 9.11. The van der Waals surface area contributed by atoms with Gasteiger partial charge in [0, 0.05) is 35.7 Å². The Bertz CT molecular complexity index is 1250. The first-order valence-electron chi connectivity index (χ1n) is 11.8. The Balaban J connectivity index is 1.49. The summed E-state index contributed by atoms with van der Waals surface area (Å²) in [5.74, 6) is 0.466. The summed E-state index contributed by atoms with van der Waals surface area (Å²) in [4.78, 5) is 24.1. The van der Waals surface area contributed by atoms with Crippen LogP contribution in [0.2, 0.25) is 0 Å². The van der Waals surface area contributed by atoms with Crippen LogP contribution in [0.1, 0.15) is 52.9 Å². The minimum Gasteiger partial charge on any atom is -0.383 e. The Labute approximate surface area is 201 Å². The zero-order chi connectivity index (χ0) is 24.7. The van der Waals surface area contributed by atoms with Gasteiger partial charge in [0.15, 0.2) is 0 Å². The number of aryl methyl sites for hydroxylation is 1. The number of pyridine rings is 2. The molecule has 1 amide bonds. The van der Waals surface area contributed by atoms with Gasteiger partial charge < -0.3 is 15.4 Å². The number of carbonyl (C=O) groups is 1. The number of benzene rings is 1. The van der Waals surface area contributed by atoms with Crippen molar-refractivity contribution in [3.05, 3.63) is 65.0 Å². The minimum absolute atomic E-state index is 0.0742. The third-order valence-electron chi connectivity index (χ3n) is 7.18. The molecule has 2 aromatic heterocycles. The van der Waals surface area contributed by atoms with Crippen molar-refractivity contribution in [2.24, 2.45) is 5.92 Å². The van der Waals surface area contributed by atoms with Gasteiger partial charge in [-0.25, -0.2) is 4.98 Å². The molecule has 3 atom stereocenters. The molecule has 3 heterocycles. The maximum atomic E-state index is 13.9. The van der Waals surface area contributed by atoms with E-state index in [9.17, 15) is 18.0 Å². The highest BCUT2D eigenvalue weighted by Gasteiger charge is 2.42. The van der Waals surface area contributed by atoms with Crippen molar-refractivity contribution in [2.45, 2.75) is 57.5 Å². The van der Waals surface area contributed by atoms with Crippen LogP contribution in [0.25, 0.3) is 10.9 Å². The largest absolute Gasteiger partial charge is 0.417 e. The van der Waals surface area contributed by atoms with Gasteiger partial charge in [-0.05, 0) is 74.6 Å². The van der Waals surface area contributed by atoms with E-state index < -0.39 is 11.7 Å². The first kappa shape index (κ1) is 23.5. The van der Waals surface area contributed by atoms with Crippen LogP contribution < -0.4 is 5.73 Å². The van der Waals surface area contributed by atoms with Crippen molar-refractivity contribution in [3.63, 3.8) is 0 Å². The summed E-state index contributed by atoms with van der Waals surface area (Å²) >= 11 is 0. The third-order valence-corrected chi connectivity index (χ3v) is 7.18. The Morgan fingerprint density at radius 3 is 2.74 bits per heavy atom. The summed E-state index contributed by atoms with van der Waals surface area (Å²) in [6.45, 7) is 2.65. The van der Waals surface area contributed by atoms with Gasteiger partial charge in [-0.2, -0.15) is 13.2 Å². The molecule has 1 aliphatic heterocycles. The maximum Gasteiger partial charge on any atom is 0.417 e. The number of nitrogens with two attached hydrogens (primary N) is 1. The van der Waals surface area contributed by atoms with Crippen LogP contribution in [-0.2, 0) is 17.5 Å². The molecule has 35 heavy (non-hydrogen) atoms. The maximum absolute atomic E-state index is 13.9. The summed E-state index contributed by atoms with van der Waals surface area (Å²) in [6, 6.07) is 9.50. The quantitative estimate of drug-likeness (QED) is 0.555. The monoisotopic (exact) mass is 484 g/mol. The number of ether oxygens (including phenoxy) is 1. The molecule has 9 heteroatoms. The molecule has 0 radical (unpaired) electrons. The lowest BCUT2D eigenvalue weighted by molar-refractivity contribution is -0.137. The Kier molecular flexibility index (Phi) is 6.13. The minimum atomic E-state index is -4.46. The molecule has 6 nitrogen and oxygen atoms in total. The van der Waals surface area contributed by atoms with Crippen LogP contribution in [0.4, 0.5) is 19.0 Å². The summed E-state index contributed by atoms with van der Waals surface area (Å²) in [7, 11) is 0. The molecular weight excluding hydrogens is 457 g/mol. The van der Waals surface area contributed by atoms with Crippen LogP contribution in [0.5, 0.6) is 0 Å². The lowest BCUT2D eigenvalue weighted by atomic mass is 9.80. The Morgan fingerprint density at radius 2 is 2.00 bits per heavy atom. The van der Waals surface area contributed by atoms with E-state index >= 15 is 0 Å². The number of halogens is 3. The number of carbonyl (C=O) groups excluding carboxylic acids is 1. The predicted octanol–water partition coefficient (Wildman–Crippen LogP) is 5.14.